The van der Waals surface area contributed by atoms with Crippen LogP contribution >= 0.6 is 11.6 Å². The highest BCUT2D eigenvalue weighted by Crippen LogP contribution is 2.65. The highest BCUT2D eigenvalue weighted by atomic mass is 35.5. The van der Waals surface area contributed by atoms with Gasteiger partial charge < -0.3 is 5.32 Å². The van der Waals surface area contributed by atoms with Gasteiger partial charge in [-0.3, -0.25) is 14.5 Å². The molecule has 2 bridgehead atoms. The zero-order valence-corrected chi connectivity index (χ0v) is 14.2. The fourth-order valence-corrected chi connectivity index (χ4v) is 5.23. The number of anilines is 1. The minimum atomic E-state index is -0.125. The van der Waals surface area contributed by atoms with Crippen LogP contribution in [-0.4, -0.2) is 23.4 Å². The molecule has 1 aromatic rings. The number of nitrogens with zero attached hydrogens (tertiary/aromatic N) is 1. The Morgan fingerprint density at radius 2 is 1.75 bits per heavy atom. The Bertz CT molecular complexity index is 754. The molecule has 5 heteroatoms. The van der Waals surface area contributed by atoms with Gasteiger partial charge >= 0.3 is 0 Å². The quantitative estimate of drug-likeness (QED) is 0.678. The molecule has 6 rings (SSSR count). The van der Waals surface area contributed by atoms with Crippen LogP contribution in [0.1, 0.15) is 12.0 Å². The minimum Gasteiger partial charge on any atom is -0.367 e. The van der Waals surface area contributed by atoms with Crippen LogP contribution in [0.15, 0.2) is 30.4 Å². The van der Waals surface area contributed by atoms with Crippen molar-refractivity contribution in [2.24, 2.45) is 35.5 Å². The molecule has 0 spiro atoms. The van der Waals surface area contributed by atoms with Gasteiger partial charge in [-0.05, 0) is 54.7 Å². The van der Waals surface area contributed by atoms with Gasteiger partial charge in [-0.25, -0.2) is 0 Å². The van der Waals surface area contributed by atoms with Crippen LogP contribution in [0.3, 0.4) is 0 Å². The summed E-state index contributed by atoms with van der Waals surface area (Å²) in [5.41, 5.74) is 1.83. The van der Waals surface area contributed by atoms with Crippen molar-refractivity contribution in [3.8, 4) is 0 Å². The van der Waals surface area contributed by atoms with Gasteiger partial charge in [0.05, 0.1) is 18.5 Å². The summed E-state index contributed by atoms with van der Waals surface area (Å²) in [7, 11) is 0. The second-order valence-electron chi connectivity index (χ2n) is 7.56. The summed E-state index contributed by atoms with van der Waals surface area (Å²) in [5.74, 6) is 1.59. The zero-order chi connectivity index (χ0) is 16.6. The van der Waals surface area contributed by atoms with Crippen molar-refractivity contribution in [1.29, 1.82) is 0 Å². The first-order chi connectivity index (χ1) is 11.6. The van der Waals surface area contributed by atoms with Crippen molar-refractivity contribution >= 4 is 29.1 Å². The predicted octanol–water partition coefficient (Wildman–Crippen LogP) is 3.07. The Hall–Kier alpha value is -1.81. The number of hydrogen-bond acceptors (Lipinski definition) is 3. The molecule has 1 saturated heterocycles. The smallest absolute Gasteiger partial charge is 0.235 e. The number of benzene rings is 1. The molecule has 24 heavy (non-hydrogen) atoms. The lowest BCUT2D eigenvalue weighted by molar-refractivity contribution is -0.139. The predicted molar refractivity (Wildman–Crippen MR) is 91.2 cm³/mol. The number of rotatable bonds is 3. The highest BCUT2D eigenvalue weighted by molar-refractivity contribution is 6.31. The van der Waals surface area contributed by atoms with Gasteiger partial charge in [-0.1, -0.05) is 29.8 Å². The Kier molecular flexibility index (Phi) is 2.94. The lowest BCUT2D eigenvalue weighted by Gasteiger charge is -2.37. The van der Waals surface area contributed by atoms with E-state index in [0.717, 1.165) is 11.3 Å². The third-order valence-corrected chi connectivity index (χ3v) is 6.77. The molecule has 1 aromatic carbocycles. The zero-order valence-electron chi connectivity index (χ0n) is 13.4. The number of aryl methyl sites for hydroxylation is 1. The Labute approximate surface area is 145 Å². The molecule has 1 N–H and O–H groups in total. The molecule has 0 aromatic heterocycles. The summed E-state index contributed by atoms with van der Waals surface area (Å²) in [6.45, 7) is 2.16. The van der Waals surface area contributed by atoms with Crippen molar-refractivity contribution in [1.82, 2.24) is 4.90 Å². The summed E-state index contributed by atoms with van der Waals surface area (Å²) in [4.78, 5) is 27.1. The molecule has 2 saturated carbocycles. The van der Waals surface area contributed by atoms with Crippen molar-refractivity contribution in [2.45, 2.75) is 13.3 Å². The van der Waals surface area contributed by atoms with E-state index in [1.807, 2.05) is 25.1 Å². The van der Waals surface area contributed by atoms with Gasteiger partial charge in [0.2, 0.25) is 11.8 Å². The van der Waals surface area contributed by atoms with Gasteiger partial charge in [0.1, 0.15) is 0 Å². The third kappa shape index (κ3) is 1.86. The average Bonchev–Trinajstić information content (AvgIpc) is 3.35. The van der Waals surface area contributed by atoms with Crippen LogP contribution in [0.2, 0.25) is 5.02 Å². The average molecular weight is 343 g/mol. The van der Waals surface area contributed by atoms with E-state index in [1.54, 1.807) is 0 Å². The van der Waals surface area contributed by atoms with E-state index < -0.39 is 0 Å². The number of amides is 2. The van der Waals surface area contributed by atoms with Gasteiger partial charge in [-0.15, -0.1) is 0 Å². The molecule has 4 aliphatic carbocycles. The Morgan fingerprint density at radius 1 is 1.12 bits per heavy atom. The monoisotopic (exact) mass is 342 g/mol. The number of imide groups is 1. The van der Waals surface area contributed by atoms with E-state index in [0.29, 0.717) is 16.9 Å². The fourth-order valence-electron chi connectivity index (χ4n) is 5.05. The highest BCUT2D eigenvalue weighted by Gasteiger charge is 2.66. The first-order valence-corrected chi connectivity index (χ1v) is 8.97. The molecule has 124 valence electrons. The van der Waals surface area contributed by atoms with E-state index in [1.165, 1.54) is 11.3 Å². The lowest BCUT2D eigenvalue weighted by atomic mass is 9.63. The minimum absolute atomic E-state index is 0.000378. The Morgan fingerprint density at radius 3 is 2.33 bits per heavy atom. The maximum atomic E-state index is 12.9. The summed E-state index contributed by atoms with van der Waals surface area (Å²) in [5, 5.41) is 3.85. The van der Waals surface area contributed by atoms with Gasteiger partial charge in [0, 0.05) is 10.7 Å². The van der Waals surface area contributed by atoms with Crippen molar-refractivity contribution in [2.75, 3.05) is 12.0 Å². The van der Waals surface area contributed by atoms with Crippen LogP contribution in [0, 0.1) is 42.4 Å². The number of nitrogens with one attached hydrogen (secondary N) is 1. The molecule has 0 unspecified atom stereocenters. The molecule has 3 fully saturated rings. The molecular formula is C19H19ClN2O2. The SMILES string of the molecule is Cc1ccc(NCN2C(=O)[C@H]3[C@@H]4C=C[C@H]([C@@H]5C[C@H]45)[C@@H]3C2=O)cc1Cl. The fraction of sp³-hybridized carbons (Fsp3) is 0.474. The van der Waals surface area contributed by atoms with E-state index in [4.69, 9.17) is 11.6 Å². The van der Waals surface area contributed by atoms with E-state index in [2.05, 4.69) is 17.5 Å². The molecular weight excluding hydrogens is 324 g/mol. The number of carbonyl (C=O) groups is 2. The number of allylic oxidation sites excluding steroid dienone is 2. The normalized spacial score (nSPS) is 38.3. The summed E-state index contributed by atoms with van der Waals surface area (Å²) < 4.78 is 0. The standard InChI is InChI=1S/C19H19ClN2O2/c1-9-2-3-10(6-15(9)20)21-8-22-18(23)16-11-4-5-12(14-7-13(11)14)17(16)19(22)24/h2-6,11-14,16-17,21H,7-8H2,1H3/t11-,12-,13-,14+,16+,17+/m1/s1. The van der Waals surface area contributed by atoms with Gasteiger partial charge in [-0.2, -0.15) is 0 Å². The number of likely N-dealkylation sites (tertiary alicyclic amines) is 1. The third-order valence-electron chi connectivity index (χ3n) is 6.37. The topological polar surface area (TPSA) is 49.4 Å². The summed E-state index contributed by atoms with van der Waals surface area (Å²) in [6, 6.07) is 5.67. The Balaban J connectivity index is 1.36. The van der Waals surface area contributed by atoms with Crippen LogP contribution in [0.25, 0.3) is 0 Å². The molecule has 1 heterocycles. The van der Waals surface area contributed by atoms with E-state index in [9.17, 15) is 9.59 Å². The summed E-state index contributed by atoms with van der Waals surface area (Å²) >= 11 is 6.14. The first kappa shape index (κ1) is 14.5. The number of hydrogen-bond donors (Lipinski definition) is 1. The van der Waals surface area contributed by atoms with Crippen molar-refractivity contribution < 1.29 is 9.59 Å². The maximum Gasteiger partial charge on any atom is 0.235 e. The van der Waals surface area contributed by atoms with Crippen molar-refractivity contribution in [3.63, 3.8) is 0 Å². The molecule has 2 amide bonds. The van der Waals surface area contributed by atoms with E-state index >= 15 is 0 Å². The molecule has 1 aliphatic heterocycles. The second kappa shape index (κ2) is 4.85. The lowest BCUT2D eigenvalue weighted by Crippen LogP contribution is -2.40. The second-order valence-corrected chi connectivity index (χ2v) is 7.97. The van der Waals surface area contributed by atoms with Crippen molar-refractivity contribution in [3.05, 3.63) is 40.9 Å². The van der Waals surface area contributed by atoms with Gasteiger partial charge in [0.15, 0.2) is 0 Å². The number of carbonyl (C=O) groups excluding carboxylic acids is 2. The van der Waals surface area contributed by atoms with E-state index in [-0.39, 0.29) is 42.2 Å². The first-order valence-electron chi connectivity index (χ1n) is 8.60. The van der Waals surface area contributed by atoms with Crippen LogP contribution in [-0.2, 0) is 9.59 Å². The number of halogens is 1. The molecule has 0 radical (unpaired) electrons. The molecule has 4 nitrogen and oxygen atoms in total. The van der Waals surface area contributed by atoms with Crippen LogP contribution in [0.4, 0.5) is 5.69 Å². The molecule has 5 aliphatic rings. The summed E-state index contributed by atoms with van der Waals surface area (Å²) in [6.07, 6.45) is 5.58. The largest absolute Gasteiger partial charge is 0.367 e. The van der Waals surface area contributed by atoms with Crippen LogP contribution < -0.4 is 5.32 Å². The maximum absolute atomic E-state index is 12.9. The van der Waals surface area contributed by atoms with Gasteiger partial charge in [0.25, 0.3) is 0 Å². The molecule has 6 atom stereocenters. The van der Waals surface area contributed by atoms with Crippen LogP contribution in [0.5, 0.6) is 0 Å².